The molecule has 0 unspecified atom stereocenters. The van der Waals surface area contributed by atoms with Crippen molar-refractivity contribution in [3.05, 3.63) is 11.8 Å². The Hall–Kier alpha value is -1.16. The van der Waals surface area contributed by atoms with Gasteiger partial charge in [-0.25, -0.2) is 0 Å². The van der Waals surface area contributed by atoms with Crippen LogP contribution >= 0.6 is 0 Å². The van der Waals surface area contributed by atoms with Gasteiger partial charge in [0, 0.05) is 12.8 Å². The van der Waals surface area contributed by atoms with Crippen LogP contribution in [0.1, 0.15) is 116 Å². The highest BCUT2D eigenvalue weighted by molar-refractivity contribution is 6.03. The second kappa shape index (κ2) is 15.9. The molecule has 27 heavy (non-hydrogen) atoms. The number of amides is 2. The van der Waals surface area contributed by atoms with E-state index in [2.05, 4.69) is 6.92 Å². The molecule has 1 aliphatic heterocycles. The number of carbonyl (C=O) groups excluding carboxylic acids is 2. The number of nitrogens with zero attached hydrogens (tertiary/aromatic N) is 1. The first-order valence-corrected chi connectivity index (χ1v) is 11.4. The molecule has 1 aliphatic rings. The van der Waals surface area contributed by atoms with E-state index in [1.165, 1.54) is 88.4 Å². The average molecular weight is 380 g/mol. The maximum absolute atomic E-state index is 11.7. The number of likely N-dealkylation sites (tertiary alicyclic amines) is 1. The topological polar surface area (TPSA) is 57.6 Å². The van der Waals surface area contributed by atoms with Crippen molar-refractivity contribution >= 4 is 11.8 Å². The fourth-order valence-electron chi connectivity index (χ4n) is 3.73. The highest BCUT2D eigenvalue weighted by Crippen LogP contribution is 2.19. The van der Waals surface area contributed by atoms with Gasteiger partial charge in [0.15, 0.2) is 0 Å². The summed E-state index contributed by atoms with van der Waals surface area (Å²) < 4.78 is 0. The van der Waals surface area contributed by atoms with Crippen molar-refractivity contribution in [3.63, 3.8) is 0 Å². The number of aliphatic hydroxyl groups is 1. The molecule has 0 radical (unpaired) electrons. The van der Waals surface area contributed by atoms with Crippen molar-refractivity contribution in [2.45, 2.75) is 116 Å². The van der Waals surface area contributed by atoms with Crippen LogP contribution in [0, 0.1) is 0 Å². The van der Waals surface area contributed by atoms with Crippen LogP contribution in [0.4, 0.5) is 0 Å². The average Bonchev–Trinajstić information content (AvgIpc) is 3.00. The molecule has 0 aromatic carbocycles. The molecule has 0 saturated carbocycles. The minimum atomic E-state index is -0.240. The van der Waals surface area contributed by atoms with Crippen LogP contribution in [0.5, 0.6) is 0 Å². The third-order valence-corrected chi connectivity index (χ3v) is 5.44. The van der Waals surface area contributed by atoms with Crippen LogP contribution < -0.4 is 0 Å². The third kappa shape index (κ3) is 10.7. The minimum absolute atomic E-state index is 0.179. The molecular formula is C23H41NO3. The Kier molecular flexibility index (Phi) is 14.0. The minimum Gasteiger partial charge on any atom is -0.390 e. The second-order valence-corrected chi connectivity index (χ2v) is 7.86. The van der Waals surface area contributed by atoms with Crippen molar-refractivity contribution in [2.24, 2.45) is 0 Å². The predicted molar refractivity (Wildman–Crippen MR) is 111 cm³/mol. The molecule has 0 atom stereocenters. The molecular weight excluding hydrogens is 338 g/mol. The summed E-state index contributed by atoms with van der Waals surface area (Å²) >= 11 is 0. The summed E-state index contributed by atoms with van der Waals surface area (Å²) in [5.41, 5.74) is 0.470. The van der Waals surface area contributed by atoms with Gasteiger partial charge in [-0.3, -0.25) is 14.5 Å². The van der Waals surface area contributed by atoms with Gasteiger partial charge in [-0.1, -0.05) is 96.5 Å². The maximum Gasteiger partial charge on any atom is 0.234 e. The molecule has 1 rings (SSSR count). The van der Waals surface area contributed by atoms with Gasteiger partial charge in [0.05, 0.1) is 12.3 Å². The van der Waals surface area contributed by atoms with Gasteiger partial charge in [-0.2, -0.15) is 0 Å². The number of allylic oxidation sites excluding steroid dienone is 1. The van der Waals surface area contributed by atoms with Crippen LogP contribution in [-0.2, 0) is 9.59 Å². The van der Waals surface area contributed by atoms with Gasteiger partial charge in [0.2, 0.25) is 11.8 Å². The molecule has 0 aromatic rings. The Labute approximate surface area is 166 Å². The van der Waals surface area contributed by atoms with Gasteiger partial charge >= 0.3 is 0 Å². The fourth-order valence-corrected chi connectivity index (χ4v) is 3.73. The number of hydrogen-bond donors (Lipinski definition) is 1. The van der Waals surface area contributed by atoms with E-state index in [-0.39, 0.29) is 31.3 Å². The molecule has 0 aliphatic carbocycles. The summed E-state index contributed by atoms with van der Waals surface area (Å²) in [4.78, 5) is 24.6. The molecule has 2 amide bonds. The van der Waals surface area contributed by atoms with E-state index in [9.17, 15) is 14.7 Å². The predicted octanol–water partition coefficient (Wildman–Crippen LogP) is 5.88. The van der Waals surface area contributed by atoms with E-state index >= 15 is 0 Å². The van der Waals surface area contributed by atoms with Gasteiger partial charge in [0.25, 0.3) is 0 Å². The number of aliphatic hydroxyl groups excluding tert-OH is 1. The molecule has 1 fully saturated rings. The molecule has 1 saturated heterocycles. The fraction of sp³-hybridized carbons (Fsp3) is 0.826. The number of hydrogen-bond acceptors (Lipinski definition) is 3. The van der Waals surface area contributed by atoms with E-state index in [4.69, 9.17) is 0 Å². The standard InChI is InChI=1S/C23H41NO3/c1-2-3-4-5-6-7-8-9-10-11-12-13-14-15-16-17-21(20-25)24-22(26)18-19-23(24)27/h17,25H,2-16,18-20H2,1H3/b21-17+. The number of unbranched alkanes of at least 4 members (excludes halogenated alkanes) is 14. The summed E-state index contributed by atoms with van der Waals surface area (Å²) in [6.07, 6.45) is 21.9. The lowest BCUT2D eigenvalue weighted by Crippen LogP contribution is -2.30. The van der Waals surface area contributed by atoms with E-state index in [0.717, 1.165) is 12.8 Å². The highest BCUT2D eigenvalue weighted by atomic mass is 16.3. The quantitative estimate of drug-likeness (QED) is 0.253. The van der Waals surface area contributed by atoms with Crippen molar-refractivity contribution < 1.29 is 14.7 Å². The lowest BCUT2D eigenvalue weighted by Gasteiger charge is -2.16. The van der Waals surface area contributed by atoms with E-state index in [1.807, 2.05) is 6.08 Å². The van der Waals surface area contributed by atoms with Crippen LogP contribution in [0.2, 0.25) is 0 Å². The van der Waals surface area contributed by atoms with Crippen molar-refractivity contribution in [1.82, 2.24) is 4.90 Å². The molecule has 0 spiro atoms. The number of rotatable bonds is 17. The Bertz CT molecular complexity index is 429. The molecule has 0 aromatic heterocycles. The van der Waals surface area contributed by atoms with Crippen molar-refractivity contribution in [3.8, 4) is 0 Å². The third-order valence-electron chi connectivity index (χ3n) is 5.44. The molecule has 1 heterocycles. The van der Waals surface area contributed by atoms with Gasteiger partial charge in [-0.05, 0) is 12.8 Å². The van der Waals surface area contributed by atoms with Crippen LogP contribution in [-0.4, -0.2) is 28.4 Å². The monoisotopic (exact) mass is 379 g/mol. The van der Waals surface area contributed by atoms with E-state index in [1.54, 1.807) is 0 Å². The maximum atomic E-state index is 11.7. The Balaban J connectivity index is 1.93. The molecule has 0 bridgehead atoms. The normalized spacial score (nSPS) is 15.2. The van der Waals surface area contributed by atoms with Crippen molar-refractivity contribution in [2.75, 3.05) is 6.61 Å². The van der Waals surface area contributed by atoms with E-state index < -0.39 is 0 Å². The molecule has 4 heteroatoms. The first-order valence-electron chi connectivity index (χ1n) is 11.4. The summed E-state index contributed by atoms with van der Waals surface area (Å²) in [6, 6.07) is 0. The molecule has 156 valence electrons. The van der Waals surface area contributed by atoms with E-state index in [0.29, 0.717) is 5.70 Å². The zero-order chi connectivity index (χ0) is 19.7. The molecule has 4 nitrogen and oxygen atoms in total. The Morgan fingerprint density at radius 3 is 1.59 bits per heavy atom. The summed E-state index contributed by atoms with van der Waals surface area (Å²) in [5.74, 6) is -0.359. The summed E-state index contributed by atoms with van der Waals surface area (Å²) in [6.45, 7) is 2.03. The Morgan fingerprint density at radius 1 is 0.778 bits per heavy atom. The van der Waals surface area contributed by atoms with Crippen LogP contribution in [0.25, 0.3) is 0 Å². The van der Waals surface area contributed by atoms with Crippen LogP contribution in [0.3, 0.4) is 0 Å². The second-order valence-electron chi connectivity index (χ2n) is 7.86. The highest BCUT2D eigenvalue weighted by Gasteiger charge is 2.31. The smallest absolute Gasteiger partial charge is 0.234 e. The van der Waals surface area contributed by atoms with Gasteiger partial charge in [-0.15, -0.1) is 0 Å². The van der Waals surface area contributed by atoms with Gasteiger partial charge < -0.3 is 5.11 Å². The zero-order valence-electron chi connectivity index (χ0n) is 17.5. The summed E-state index contributed by atoms with van der Waals surface area (Å²) in [7, 11) is 0. The largest absolute Gasteiger partial charge is 0.390 e. The zero-order valence-corrected chi connectivity index (χ0v) is 17.5. The van der Waals surface area contributed by atoms with Crippen LogP contribution in [0.15, 0.2) is 11.8 Å². The molecule has 1 N–H and O–H groups in total. The first kappa shape index (κ1) is 23.9. The van der Waals surface area contributed by atoms with Crippen molar-refractivity contribution in [1.29, 1.82) is 0 Å². The lowest BCUT2D eigenvalue weighted by atomic mass is 10.0. The van der Waals surface area contributed by atoms with Gasteiger partial charge in [0.1, 0.15) is 0 Å². The summed E-state index contributed by atoms with van der Waals surface area (Å²) in [5, 5.41) is 9.42. The first-order chi connectivity index (χ1) is 13.2. The number of imide groups is 1. The Morgan fingerprint density at radius 2 is 1.19 bits per heavy atom. The lowest BCUT2D eigenvalue weighted by molar-refractivity contribution is -0.136. The SMILES string of the molecule is CCCCCCCCCCCCCCCC/C=C(\CO)N1C(=O)CCC1=O. The number of carbonyl (C=O) groups is 2.